The molecule has 8 heteroatoms. The number of carboxylic acids is 1. The number of carbonyl (C=O) groups excluding carboxylic acids is 1. The summed E-state index contributed by atoms with van der Waals surface area (Å²) in [4.78, 5) is 25.3. The van der Waals surface area contributed by atoms with E-state index in [1.807, 2.05) is 0 Å². The molecule has 0 aromatic carbocycles. The van der Waals surface area contributed by atoms with Crippen LogP contribution in [0.25, 0.3) is 0 Å². The van der Waals surface area contributed by atoms with Crippen LogP contribution in [0.5, 0.6) is 0 Å². The summed E-state index contributed by atoms with van der Waals surface area (Å²) >= 11 is 0. The summed E-state index contributed by atoms with van der Waals surface area (Å²) in [6.45, 7) is 3.11. The molecule has 0 radical (unpaired) electrons. The summed E-state index contributed by atoms with van der Waals surface area (Å²) in [5.41, 5.74) is 0. The third-order valence-electron chi connectivity index (χ3n) is 4.57. The van der Waals surface area contributed by atoms with E-state index in [1.54, 1.807) is 11.8 Å². The quantitative estimate of drug-likeness (QED) is 0.802. The minimum absolute atomic E-state index is 0.0404. The SMILES string of the molecule is CCS(=O)(=O)N1CCCC(C(=O)N2CCCC(C(=O)O)C2)C1. The molecule has 2 aliphatic rings. The highest BCUT2D eigenvalue weighted by Gasteiger charge is 2.36. The zero-order valence-corrected chi connectivity index (χ0v) is 13.7. The van der Waals surface area contributed by atoms with Crippen molar-refractivity contribution >= 4 is 21.9 Å². The number of piperidine rings is 2. The fraction of sp³-hybridized carbons (Fsp3) is 0.857. The van der Waals surface area contributed by atoms with Gasteiger partial charge in [0.05, 0.1) is 17.6 Å². The van der Waals surface area contributed by atoms with Crippen LogP contribution >= 0.6 is 0 Å². The van der Waals surface area contributed by atoms with Gasteiger partial charge in [0, 0.05) is 26.2 Å². The van der Waals surface area contributed by atoms with Gasteiger partial charge >= 0.3 is 5.97 Å². The Balaban J connectivity index is 2.01. The molecule has 1 N–H and O–H groups in total. The first-order chi connectivity index (χ1) is 10.3. The van der Waals surface area contributed by atoms with Crippen LogP contribution in [0.1, 0.15) is 32.6 Å². The Morgan fingerprint density at radius 3 is 2.36 bits per heavy atom. The first-order valence-electron chi connectivity index (χ1n) is 7.84. The summed E-state index contributed by atoms with van der Waals surface area (Å²) < 4.78 is 25.3. The number of hydrogen-bond donors (Lipinski definition) is 1. The van der Waals surface area contributed by atoms with E-state index in [1.165, 1.54) is 4.31 Å². The number of likely N-dealkylation sites (tertiary alicyclic amines) is 1. The zero-order valence-electron chi connectivity index (χ0n) is 12.9. The van der Waals surface area contributed by atoms with Gasteiger partial charge in [-0.3, -0.25) is 9.59 Å². The van der Waals surface area contributed by atoms with E-state index in [9.17, 15) is 18.0 Å². The van der Waals surface area contributed by atoms with Crippen LogP contribution in [0.3, 0.4) is 0 Å². The fourth-order valence-electron chi connectivity index (χ4n) is 3.22. The van der Waals surface area contributed by atoms with Crippen molar-refractivity contribution in [1.82, 2.24) is 9.21 Å². The Bertz CT molecular complexity index is 533. The Morgan fingerprint density at radius 2 is 1.73 bits per heavy atom. The number of amides is 1. The number of carboxylic acid groups (broad SMARTS) is 1. The molecule has 7 nitrogen and oxygen atoms in total. The highest BCUT2D eigenvalue weighted by atomic mass is 32.2. The first-order valence-corrected chi connectivity index (χ1v) is 9.45. The second-order valence-corrected chi connectivity index (χ2v) is 8.32. The summed E-state index contributed by atoms with van der Waals surface area (Å²) in [7, 11) is -3.27. The van der Waals surface area contributed by atoms with Gasteiger partial charge in [-0.25, -0.2) is 12.7 Å². The molecule has 2 atom stereocenters. The molecule has 22 heavy (non-hydrogen) atoms. The molecule has 2 unspecified atom stereocenters. The minimum atomic E-state index is -3.27. The van der Waals surface area contributed by atoms with Gasteiger partial charge in [-0.1, -0.05) is 0 Å². The van der Waals surface area contributed by atoms with Gasteiger partial charge in [-0.15, -0.1) is 0 Å². The second kappa shape index (κ2) is 6.95. The predicted molar refractivity (Wildman–Crippen MR) is 80.7 cm³/mol. The lowest BCUT2D eigenvalue weighted by Gasteiger charge is -2.37. The standard InChI is InChI=1S/C14H24N2O5S/c1-2-22(20,21)16-8-4-5-11(10-16)13(17)15-7-3-6-12(9-15)14(18)19/h11-12H,2-10H2,1H3,(H,18,19). The van der Waals surface area contributed by atoms with Crippen molar-refractivity contribution in [3.63, 3.8) is 0 Å². The molecule has 0 aliphatic carbocycles. The lowest BCUT2D eigenvalue weighted by atomic mass is 9.94. The summed E-state index contributed by atoms with van der Waals surface area (Å²) in [5, 5.41) is 9.10. The van der Waals surface area contributed by atoms with E-state index in [-0.39, 0.29) is 30.7 Å². The molecule has 2 aliphatic heterocycles. The fourth-order valence-corrected chi connectivity index (χ4v) is 4.40. The average Bonchev–Trinajstić information content (AvgIpc) is 2.54. The van der Waals surface area contributed by atoms with E-state index in [0.29, 0.717) is 38.8 Å². The van der Waals surface area contributed by atoms with Gasteiger partial charge in [-0.05, 0) is 32.6 Å². The van der Waals surface area contributed by atoms with Crippen LogP contribution in [0, 0.1) is 11.8 Å². The average molecular weight is 332 g/mol. The number of carbonyl (C=O) groups is 2. The number of sulfonamides is 1. The lowest BCUT2D eigenvalue weighted by Crippen LogP contribution is -2.50. The van der Waals surface area contributed by atoms with E-state index in [0.717, 1.165) is 0 Å². The molecule has 0 aromatic rings. The molecule has 2 rings (SSSR count). The van der Waals surface area contributed by atoms with Gasteiger partial charge in [-0.2, -0.15) is 0 Å². The van der Waals surface area contributed by atoms with Gasteiger partial charge in [0.15, 0.2) is 0 Å². The smallest absolute Gasteiger partial charge is 0.308 e. The maximum Gasteiger partial charge on any atom is 0.308 e. The lowest BCUT2D eigenvalue weighted by molar-refractivity contribution is -0.147. The van der Waals surface area contributed by atoms with Crippen molar-refractivity contribution < 1.29 is 23.1 Å². The molecular weight excluding hydrogens is 308 g/mol. The van der Waals surface area contributed by atoms with E-state index >= 15 is 0 Å². The van der Waals surface area contributed by atoms with Crippen LogP contribution in [0.4, 0.5) is 0 Å². The molecule has 0 bridgehead atoms. The Hall–Kier alpha value is -1.15. The van der Waals surface area contributed by atoms with E-state index < -0.39 is 21.9 Å². The molecule has 1 amide bonds. The zero-order chi connectivity index (χ0) is 16.3. The third-order valence-corrected chi connectivity index (χ3v) is 6.42. The van der Waals surface area contributed by atoms with Crippen molar-refractivity contribution in [1.29, 1.82) is 0 Å². The molecule has 2 heterocycles. The Kier molecular flexibility index (Phi) is 5.44. The van der Waals surface area contributed by atoms with E-state index in [2.05, 4.69) is 0 Å². The van der Waals surface area contributed by atoms with Crippen molar-refractivity contribution in [2.75, 3.05) is 31.9 Å². The van der Waals surface area contributed by atoms with Crippen molar-refractivity contribution in [3.05, 3.63) is 0 Å². The number of aliphatic carboxylic acids is 1. The summed E-state index contributed by atoms with van der Waals surface area (Å²) in [5.74, 6) is -1.77. The van der Waals surface area contributed by atoms with Crippen LogP contribution in [-0.2, 0) is 19.6 Å². The molecule has 2 saturated heterocycles. The largest absolute Gasteiger partial charge is 0.481 e. The van der Waals surface area contributed by atoms with Gasteiger partial charge in [0.1, 0.15) is 0 Å². The molecule has 2 fully saturated rings. The van der Waals surface area contributed by atoms with Crippen molar-refractivity contribution in [2.24, 2.45) is 11.8 Å². The number of nitrogens with zero attached hydrogens (tertiary/aromatic N) is 2. The van der Waals surface area contributed by atoms with Gasteiger partial charge in [0.25, 0.3) is 0 Å². The van der Waals surface area contributed by atoms with Crippen LogP contribution in [0.2, 0.25) is 0 Å². The maximum absolute atomic E-state index is 12.6. The van der Waals surface area contributed by atoms with Crippen LogP contribution in [0.15, 0.2) is 0 Å². The minimum Gasteiger partial charge on any atom is -0.481 e. The first kappa shape index (κ1) is 17.2. The Morgan fingerprint density at radius 1 is 1.09 bits per heavy atom. The third kappa shape index (κ3) is 3.78. The Labute approximate surface area is 131 Å². The highest BCUT2D eigenvalue weighted by Crippen LogP contribution is 2.24. The van der Waals surface area contributed by atoms with Crippen molar-refractivity contribution in [3.8, 4) is 0 Å². The second-order valence-electron chi connectivity index (χ2n) is 6.06. The van der Waals surface area contributed by atoms with Crippen LogP contribution in [-0.4, -0.2) is 66.5 Å². The number of hydrogen-bond acceptors (Lipinski definition) is 4. The molecular formula is C14H24N2O5S. The van der Waals surface area contributed by atoms with Crippen LogP contribution < -0.4 is 0 Å². The highest BCUT2D eigenvalue weighted by molar-refractivity contribution is 7.89. The molecule has 126 valence electrons. The van der Waals surface area contributed by atoms with Gasteiger partial charge < -0.3 is 10.0 Å². The van der Waals surface area contributed by atoms with Crippen molar-refractivity contribution in [2.45, 2.75) is 32.6 Å². The molecule has 0 spiro atoms. The summed E-state index contributed by atoms with van der Waals surface area (Å²) in [6.07, 6.45) is 2.63. The topological polar surface area (TPSA) is 95.0 Å². The number of rotatable bonds is 4. The monoisotopic (exact) mass is 332 g/mol. The normalized spacial score (nSPS) is 27.6. The predicted octanol–water partition coefficient (Wildman–Crippen LogP) is 0.371. The van der Waals surface area contributed by atoms with E-state index in [4.69, 9.17) is 5.11 Å². The van der Waals surface area contributed by atoms with Gasteiger partial charge in [0.2, 0.25) is 15.9 Å². The maximum atomic E-state index is 12.6. The summed E-state index contributed by atoms with van der Waals surface area (Å²) in [6, 6.07) is 0. The molecule has 0 aromatic heterocycles. The molecule has 0 saturated carbocycles.